The SMILES string of the molecule is CCC(c1ccccc1)c1ccccc1S. The van der Waals surface area contributed by atoms with Gasteiger partial charge in [0, 0.05) is 10.8 Å². The second-order valence-corrected chi connectivity index (χ2v) is 4.41. The van der Waals surface area contributed by atoms with E-state index in [2.05, 4.69) is 68.1 Å². The summed E-state index contributed by atoms with van der Waals surface area (Å²) in [6, 6.07) is 19.0. The first-order valence-corrected chi connectivity index (χ1v) is 6.10. The molecule has 0 aliphatic rings. The molecule has 0 aliphatic carbocycles. The lowest BCUT2D eigenvalue weighted by Crippen LogP contribution is -2.00. The first-order valence-electron chi connectivity index (χ1n) is 5.65. The minimum absolute atomic E-state index is 0.454. The third-order valence-corrected chi connectivity index (χ3v) is 3.33. The molecule has 0 bridgehead atoms. The Labute approximate surface area is 103 Å². The molecule has 2 aromatic carbocycles. The molecule has 0 aliphatic heterocycles. The van der Waals surface area contributed by atoms with Crippen molar-refractivity contribution < 1.29 is 0 Å². The molecule has 0 saturated heterocycles. The minimum Gasteiger partial charge on any atom is -0.143 e. The molecule has 0 nitrogen and oxygen atoms in total. The Balaban J connectivity index is 2.41. The van der Waals surface area contributed by atoms with Crippen LogP contribution in [0.4, 0.5) is 0 Å². The second kappa shape index (κ2) is 5.22. The van der Waals surface area contributed by atoms with Crippen molar-refractivity contribution in [3.05, 3.63) is 65.7 Å². The molecule has 1 heteroatoms. The number of hydrogen-bond acceptors (Lipinski definition) is 1. The van der Waals surface area contributed by atoms with E-state index in [-0.39, 0.29) is 0 Å². The van der Waals surface area contributed by atoms with Crippen molar-refractivity contribution in [3.8, 4) is 0 Å². The number of benzene rings is 2. The maximum atomic E-state index is 4.54. The Morgan fingerprint density at radius 3 is 2.19 bits per heavy atom. The van der Waals surface area contributed by atoms with Gasteiger partial charge in [-0.3, -0.25) is 0 Å². The van der Waals surface area contributed by atoms with Crippen LogP contribution >= 0.6 is 12.6 Å². The van der Waals surface area contributed by atoms with E-state index in [0.717, 1.165) is 11.3 Å². The number of thiol groups is 1. The topological polar surface area (TPSA) is 0 Å². The van der Waals surface area contributed by atoms with Crippen molar-refractivity contribution in [2.24, 2.45) is 0 Å². The molecule has 2 rings (SSSR count). The fourth-order valence-corrected chi connectivity index (χ4v) is 2.42. The van der Waals surface area contributed by atoms with Gasteiger partial charge in [-0.2, -0.15) is 0 Å². The molecule has 16 heavy (non-hydrogen) atoms. The first kappa shape index (κ1) is 11.3. The summed E-state index contributed by atoms with van der Waals surface area (Å²) in [6.45, 7) is 2.22. The van der Waals surface area contributed by atoms with Crippen LogP contribution in [-0.4, -0.2) is 0 Å². The average molecular weight is 228 g/mol. The zero-order chi connectivity index (χ0) is 11.4. The summed E-state index contributed by atoms with van der Waals surface area (Å²) in [5, 5.41) is 0. The molecule has 0 radical (unpaired) electrons. The van der Waals surface area contributed by atoms with Crippen LogP contribution in [0.25, 0.3) is 0 Å². The van der Waals surface area contributed by atoms with Gasteiger partial charge in [0.05, 0.1) is 0 Å². The van der Waals surface area contributed by atoms with Crippen LogP contribution in [0.3, 0.4) is 0 Å². The molecule has 82 valence electrons. The standard InChI is InChI=1S/C15H16S/c1-2-13(12-8-4-3-5-9-12)14-10-6-7-11-15(14)16/h3-11,13,16H,2H2,1H3. The van der Waals surface area contributed by atoms with E-state index in [1.165, 1.54) is 11.1 Å². The van der Waals surface area contributed by atoms with Crippen LogP contribution in [0.15, 0.2) is 59.5 Å². The molecular weight excluding hydrogens is 212 g/mol. The third kappa shape index (κ3) is 2.30. The molecule has 0 heterocycles. The van der Waals surface area contributed by atoms with E-state index in [1.807, 2.05) is 6.07 Å². The van der Waals surface area contributed by atoms with E-state index < -0.39 is 0 Å². The molecule has 0 spiro atoms. The van der Waals surface area contributed by atoms with Crippen molar-refractivity contribution in [3.63, 3.8) is 0 Å². The van der Waals surface area contributed by atoms with Gasteiger partial charge < -0.3 is 0 Å². The smallest absolute Gasteiger partial charge is 0.00977 e. The van der Waals surface area contributed by atoms with Gasteiger partial charge in [-0.05, 0) is 23.6 Å². The predicted octanol–water partition coefficient (Wildman–Crippen LogP) is 4.52. The molecule has 2 aromatic rings. The van der Waals surface area contributed by atoms with E-state index in [9.17, 15) is 0 Å². The third-order valence-electron chi connectivity index (χ3n) is 2.92. The number of rotatable bonds is 3. The van der Waals surface area contributed by atoms with Gasteiger partial charge >= 0.3 is 0 Å². The predicted molar refractivity (Wildman–Crippen MR) is 72.3 cm³/mol. The molecule has 0 fully saturated rings. The van der Waals surface area contributed by atoms with Gasteiger partial charge in [-0.1, -0.05) is 55.5 Å². The van der Waals surface area contributed by atoms with Crippen LogP contribution in [0.2, 0.25) is 0 Å². The van der Waals surface area contributed by atoms with Gasteiger partial charge in [0.2, 0.25) is 0 Å². The lowest BCUT2D eigenvalue weighted by atomic mass is 9.89. The van der Waals surface area contributed by atoms with Gasteiger partial charge in [0.1, 0.15) is 0 Å². The summed E-state index contributed by atoms with van der Waals surface area (Å²) >= 11 is 4.54. The van der Waals surface area contributed by atoms with Crippen molar-refractivity contribution in [2.45, 2.75) is 24.2 Å². The molecular formula is C15H16S. The first-order chi connectivity index (χ1) is 7.83. The lowest BCUT2D eigenvalue weighted by Gasteiger charge is -2.17. The van der Waals surface area contributed by atoms with Crippen molar-refractivity contribution in [2.75, 3.05) is 0 Å². The zero-order valence-electron chi connectivity index (χ0n) is 9.43. The van der Waals surface area contributed by atoms with Crippen molar-refractivity contribution >= 4 is 12.6 Å². The summed E-state index contributed by atoms with van der Waals surface area (Å²) < 4.78 is 0. The van der Waals surface area contributed by atoms with Crippen LogP contribution < -0.4 is 0 Å². The Hall–Kier alpha value is -1.21. The maximum absolute atomic E-state index is 4.54. The fourth-order valence-electron chi connectivity index (χ4n) is 2.10. The van der Waals surface area contributed by atoms with E-state index in [4.69, 9.17) is 0 Å². The highest BCUT2D eigenvalue weighted by atomic mass is 32.1. The van der Waals surface area contributed by atoms with E-state index >= 15 is 0 Å². The highest BCUT2D eigenvalue weighted by Crippen LogP contribution is 2.31. The zero-order valence-corrected chi connectivity index (χ0v) is 10.3. The van der Waals surface area contributed by atoms with Gasteiger partial charge in [-0.25, -0.2) is 0 Å². The number of hydrogen-bond donors (Lipinski definition) is 1. The Bertz CT molecular complexity index is 448. The maximum Gasteiger partial charge on any atom is 0.00977 e. The highest BCUT2D eigenvalue weighted by molar-refractivity contribution is 7.80. The van der Waals surface area contributed by atoms with Gasteiger partial charge in [-0.15, -0.1) is 12.6 Å². The minimum atomic E-state index is 0.454. The highest BCUT2D eigenvalue weighted by Gasteiger charge is 2.13. The normalized spacial score (nSPS) is 12.4. The summed E-state index contributed by atoms with van der Waals surface area (Å²) in [7, 11) is 0. The van der Waals surface area contributed by atoms with Crippen molar-refractivity contribution in [1.29, 1.82) is 0 Å². The Kier molecular flexibility index (Phi) is 3.68. The van der Waals surface area contributed by atoms with Gasteiger partial charge in [0.15, 0.2) is 0 Å². The average Bonchev–Trinajstić information content (AvgIpc) is 2.34. The Morgan fingerprint density at radius 1 is 0.938 bits per heavy atom. The lowest BCUT2D eigenvalue weighted by molar-refractivity contribution is 0.762. The summed E-state index contributed by atoms with van der Waals surface area (Å²) in [5.74, 6) is 0.454. The van der Waals surface area contributed by atoms with E-state index in [1.54, 1.807) is 0 Å². The monoisotopic (exact) mass is 228 g/mol. The van der Waals surface area contributed by atoms with Gasteiger partial charge in [0.25, 0.3) is 0 Å². The van der Waals surface area contributed by atoms with Crippen LogP contribution in [0, 0.1) is 0 Å². The summed E-state index contributed by atoms with van der Waals surface area (Å²) in [4.78, 5) is 1.08. The van der Waals surface area contributed by atoms with Crippen molar-refractivity contribution in [1.82, 2.24) is 0 Å². The van der Waals surface area contributed by atoms with E-state index in [0.29, 0.717) is 5.92 Å². The fraction of sp³-hybridized carbons (Fsp3) is 0.200. The molecule has 0 N–H and O–H groups in total. The molecule has 1 unspecified atom stereocenters. The van der Waals surface area contributed by atoms with Crippen LogP contribution in [0.1, 0.15) is 30.4 Å². The largest absolute Gasteiger partial charge is 0.143 e. The summed E-state index contributed by atoms with van der Waals surface area (Å²) in [6.07, 6.45) is 1.10. The molecule has 1 atom stereocenters. The Morgan fingerprint density at radius 2 is 1.56 bits per heavy atom. The molecule has 0 amide bonds. The summed E-state index contributed by atoms with van der Waals surface area (Å²) in [5.41, 5.74) is 2.69. The quantitative estimate of drug-likeness (QED) is 0.734. The molecule has 0 aromatic heterocycles. The molecule has 0 saturated carbocycles. The van der Waals surface area contributed by atoms with Crippen LogP contribution in [0.5, 0.6) is 0 Å². The second-order valence-electron chi connectivity index (χ2n) is 3.93. The van der Waals surface area contributed by atoms with Crippen LogP contribution in [-0.2, 0) is 0 Å².